The molecule has 1 aromatic rings. The highest BCUT2D eigenvalue weighted by atomic mass is 16.6. The van der Waals surface area contributed by atoms with Gasteiger partial charge < -0.3 is 5.73 Å². The summed E-state index contributed by atoms with van der Waals surface area (Å²) >= 11 is 0. The second-order valence-corrected chi connectivity index (χ2v) is 3.55. The van der Waals surface area contributed by atoms with E-state index in [0.717, 1.165) is 0 Å². The molecule has 0 bridgehead atoms. The average molecular weight is 194 g/mol. The molecule has 1 rings (SSSR count). The largest absolute Gasteiger partial charge is 0.321 e. The Balaban J connectivity index is 3.27. The van der Waals surface area contributed by atoms with Crippen molar-refractivity contribution in [3.05, 3.63) is 39.9 Å². The summed E-state index contributed by atoms with van der Waals surface area (Å²) in [5.74, 6) is 0. The van der Waals surface area contributed by atoms with Crippen LogP contribution in [0.5, 0.6) is 0 Å². The lowest BCUT2D eigenvalue weighted by Gasteiger charge is -2.22. The van der Waals surface area contributed by atoms with Crippen LogP contribution in [-0.4, -0.2) is 4.92 Å². The first-order valence-corrected chi connectivity index (χ1v) is 4.52. The van der Waals surface area contributed by atoms with Crippen molar-refractivity contribution in [3.8, 4) is 0 Å². The second-order valence-electron chi connectivity index (χ2n) is 3.55. The molecule has 0 fully saturated rings. The quantitative estimate of drug-likeness (QED) is 0.592. The monoisotopic (exact) mass is 194 g/mol. The lowest BCUT2D eigenvalue weighted by Crippen LogP contribution is -2.32. The Bertz CT molecular complexity index is 348. The van der Waals surface area contributed by atoms with Crippen LogP contribution in [0.15, 0.2) is 24.3 Å². The number of nitro groups is 1. The predicted molar refractivity (Wildman–Crippen MR) is 54.9 cm³/mol. The summed E-state index contributed by atoms with van der Waals surface area (Å²) < 4.78 is 0. The van der Waals surface area contributed by atoms with Gasteiger partial charge in [0.15, 0.2) is 0 Å². The number of benzene rings is 1. The lowest BCUT2D eigenvalue weighted by molar-refractivity contribution is -0.386. The van der Waals surface area contributed by atoms with Gasteiger partial charge in [0.25, 0.3) is 5.69 Å². The van der Waals surface area contributed by atoms with E-state index >= 15 is 0 Å². The van der Waals surface area contributed by atoms with Crippen molar-refractivity contribution < 1.29 is 4.92 Å². The molecule has 0 aliphatic carbocycles. The Morgan fingerprint density at radius 1 is 1.50 bits per heavy atom. The molecule has 0 aliphatic heterocycles. The van der Waals surface area contributed by atoms with Gasteiger partial charge in [-0.05, 0) is 13.3 Å². The van der Waals surface area contributed by atoms with Crippen molar-refractivity contribution in [1.82, 2.24) is 0 Å². The molecule has 2 N–H and O–H groups in total. The molecule has 4 heteroatoms. The zero-order valence-electron chi connectivity index (χ0n) is 8.36. The van der Waals surface area contributed by atoms with Gasteiger partial charge in [-0.2, -0.15) is 0 Å². The van der Waals surface area contributed by atoms with Crippen molar-refractivity contribution in [3.63, 3.8) is 0 Å². The Morgan fingerprint density at radius 3 is 2.57 bits per heavy atom. The Morgan fingerprint density at radius 2 is 2.07 bits per heavy atom. The molecule has 0 aliphatic rings. The van der Waals surface area contributed by atoms with Crippen LogP contribution < -0.4 is 5.73 Å². The zero-order valence-corrected chi connectivity index (χ0v) is 8.36. The first-order valence-electron chi connectivity index (χ1n) is 4.52. The van der Waals surface area contributed by atoms with Crippen molar-refractivity contribution in [1.29, 1.82) is 0 Å². The first kappa shape index (κ1) is 10.7. The maximum atomic E-state index is 10.7. The summed E-state index contributed by atoms with van der Waals surface area (Å²) in [6, 6.07) is 6.61. The number of nitro benzene ring substituents is 1. The van der Waals surface area contributed by atoms with Crippen LogP contribution in [0.1, 0.15) is 25.8 Å². The number of para-hydroxylation sites is 1. The number of rotatable bonds is 3. The Labute approximate surface area is 82.9 Å². The minimum absolute atomic E-state index is 0.0966. The number of hydrogen-bond donors (Lipinski definition) is 1. The first-order chi connectivity index (χ1) is 6.49. The SMILES string of the molecule is CC[C@@](C)(N)c1ccccc1[N+](=O)[O-]. The van der Waals surface area contributed by atoms with Crippen LogP contribution in [0.3, 0.4) is 0 Å². The summed E-state index contributed by atoms with van der Waals surface area (Å²) in [4.78, 5) is 10.3. The van der Waals surface area contributed by atoms with E-state index in [1.807, 2.05) is 6.92 Å². The fraction of sp³-hybridized carbons (Fsp3) is 0.400. The molecule has 0 radical (unpaired) electrons. The second kappa shape index (κ2) is 3.75. The molecule has 0 saturated heterocycles. The van der Waals surface area contributed by atoms with Gasteiger partial charge in [0, 0.05) is 17.2 Å². The maximum absolute atomic E-state index is 10.7. The lowest BCUT2D eigenvalue weighted by atomic mass is 9.89. The smallest absolute Gasteiger partial charge is 0.274 e. The van der Waals surface area contributed by atoms with Gasteiger partial charge in [0.1, 0.15) is 0 Å². The fourth-order valence-electron chi connectivity index (χ4n) is 1.31. The summed E-state index contributed by atoms with van der Waals surface area (Å²) in [5.41, 5.74) is 6.02. The molecule has 14 heavy (non-hydrogen) atoms. The van der Waals surface area contributed by atoms with E-state index in [9.17, 15) is 10.1 Å². The molecule has 0 heterocycles. The molecule has 0 saturated carbocycles. The predicted octanol–water partition coefficient (Wildman–Crippen LogP) is 2.18. The van der Waals surface area contributed by atoms with Gasteiger partial charge in [-0.25, -0.2) is 0 Å². The Kier molecular flexibility index (Phi) is 2.86. The van der Waals surface area contributed by atoms with Gasteiger partial charge in [0.2, 0.25) is 0 Å². The van der Waals surface area contributed by atoms with Crippen LogP contribution in [-0.2, 0) is 5.54 Å². The van der Waals surface area contributed by atoms with Gasteiger partial charge in [0.05, 0.1) is 4.92 Å². The standard InChI is InChI=1S/C10H14N2O2/c1-3-10(2,11)8-6-4-5-7-9(8)12(13)14/h4-7H,3,11H2,1-2H3/t10-/m1/s1. The van der Waals surface area contributed by atoms with Crippen molar-refractivity contribution in [2.45, 2.75) is 25.8 Å². The summed E-state index contributed by atoms with van der Waals surface area (Å²) in [7, 11) is 0. The highest BCUT2D eigenvalue weighted by molar-refractivity contribution is 5.44. The third kappa shape index (κ3) is 1.90. The highest BCUT2D eigenvalue weighted by Crippen LogP contribution is 2.29. The van der Waals surface area contributed by atoms with E-state index in [-0.39, 0.29) is 5.69 Å². The molecule has 1 atom stereocenters. The minimum Gasteiger partial charge on any atom is -0.321 e. The van der Waals surface area contributed by atoms with Gasteiger partial charge >= 0.3 is 0 Å². The Hall–Kier alpha value is -1.42. The van der Waals surface area contributed by atoms with Crippen molar-refractivity contribution in [2.75, 3.05) is 0 Å². The highest BCUT2D eigenvalue weighted by Gasteiger charge is 2.26. The minimum atomic E-state index is -0.635. The molecule has 1 aromatic carbocycles. The van der Waals surface area contributed by atoms with E-state index in [1.165, 1.54) is 6.07 Å². The topological polar surface area (TPSA) is 69.2 Å². The average Bonchev–Trinajstić information content (AvgIpc) is 2.18. The summed E-state index contributed by atoms with van der Waals surface area (Å²) in [5, 5.41) is 10.7. The van der Waals surface area contributed by atoms with Crippen LogP contribution in [0, 0.1) is 10.1 Å². The van der Waals surface area contributed by atoms with Crippen molar-refractivity contribution in [2.24, 2.45) is 5.73 Å². The molecule has 0 aromatic heterocycles. The molecular weight excluding hydrogens is 180 g/mol. The number of nitrogens with two attached hydrogens (primary N) is 1. The fourth-order valence-corrected chi connectivity index (χ4v) is 1.31. The third-order valence-electron chi connectivity index (χ3n) is 2.45. The molecule has 0 spiro atoms. The zero-order chi connectivity index (χ0) is 10.8. The van der Waals surface area contributed by atoms with E-state index in [2.05, 4.69) is 0 Å². The van der Waals surface area contributed by atoms with Crippen LogP contribution in [0.25, 0.3) is 0 Å². The summed E-state index contributed by atoms with van der Waals surface area (Å²) in [6.45, 7) is 3.71. The van der Waals surface area contributed by atoms with Gasteiger partial charge in [-0.15, -0.1) is 0 Å². The van der Waals surface area contributed by atoms with Crippen LogP contribution >= 0.6 is 0 Å². The molecular formula is C10H14N2O2. The molecule has 76 valence electrons. The van der Waals surface area contributed by atoms with Gasteiger partial charge in [-0.3, -0.25) is 10.1 Å². The van der Waals surface area contributed by atoms with Crippen LogP contribution in [0.2, 0.25) is 0 Å². The third-order valence-corrected chi connectivity index (χ3v) is 2.45. The maximum Gasteiger partial charge on any atom is 0.274 e. The van der Waals surface area contributed by atoms with E-state index in [0.29, 0.717) is 12.0 Å². The molecule has 4 nitrogen and oxygen atoms in total. The normalized spacial score (nSPS) is 14.8. The van der Waals surface area contributed by atoms with E-state index in [4.69, 9.17) is 5.73 Å². The number of nitrogens with zero attached hydrogens (tertiary/aromatic N) is 1. The number of hydrogen-bond acceptors (Lipinski definition) is 3. The van der Waals surface area contributed by atoms with Gasteiger partial charge in [-0.1, -0.05) is 25.1 Å². The molecule has 0 amide bonds. The van der Waals surface area contributed by atoms with E-state index in [1.54, 1.807) is 25.1 Å². The van der Waals surface area contributed by atoms with Crippen molar-refractivity contribution >= 4 is 5.69 Å². The summed E-state index contributed by atoms with van der Waals surface area (Å²) in [6.07, 6.45) is 0.665. The van der Waals surface area contributed by atoms with Crippen LogP contribution in [0.4, 0.5) is 5.69 Å². The molecule has 0 unspecified atom stereocenters. The van der Waals surface area contributed by atoms with E-state index < -0.39 is 10.5 Å².